The van der Waals surface area contributed by atoms with Crippen LogP contribution in [0, 0.1) is 6.92 Å². The standard InChI is InChI=1S/C15H11N3O4S/c1-9-11-7-12-13(8-14(11)22-17-9)18(15(19)16-12)23(20,21)10-5-3-2-4-6-10/h2-8H,1H3,(H,16,19). The summed E-state index contributed by atoms with van der Waals surface area (Å²) in [7, 11) is -4.00. The van der Waals surface area contributed by atoms with Crippen LogP contribution in [0.2, 0.25) is 0 Å². The lowest BCUT2D eigenvalue weighted by molar-refractivity contribution is 0.450. The number of aromatic nitrogens is 3. The lowest BCUT2D eigenvalue weighted by Crippen LogP contribution is -2.25. The summed E-state index contributed by atoms with van der Waals surface area (Å²) in [6.45, 7) is 1.77. The highest BCUT2D eigenvalue weighted by Crippen LogP contribution is 2.25. The Morgan fingerprint density at radius 2 is 1.91 bits per heavy atom. The van der Waals surface area contributed by atoms with Crippen LogP contribution in [0.1, 0.15) is 5.69 Å². The topological polar surface area (TPSA) is 98.0 Å². The second kappa shape index (κ2) is 4.56. The third-order valence-electron chi connectivity index (χ3n) is 3.69. The maximum Gasteiger partial charge on any atom is 0.340 e. The predicted molar refractivity (Wildman–Crippen MR) is 83.9 cm³/mol. The van der Waals surface area contributed by atoms with E-state index in [0.29, 0.717) is 16.8 Å². The molecule has 0 saturated heterocycles. The van der Waals surface area contributed by atoms with Crippen molar-refractivity contribution in [2.45, 2.75) is 11.8 Å². The quantitative estimate of drug-likeness (QED) is 0.606. The molecule has 23 heavy (non-hydrogen) atoms. The van der Waals surface area contributed by atoms with E-state index in [4.69, 9.17) is 4.52 Å². The highest BCUT2D eigenvalue weighted by molar-refractivity contribution is 7.90. The number of fused-ring (bicyclic) bond motifs is 2. The Hall–Kier alpha value is -2.87. The van der Waals surface area contributed by atoms with Gasteiger partial charge in [-0.05, 0) is 25.1 Å². The van der Waals surface area contributed by atoms with Crippen LogP contribution in [0.25, 0.3) is 22.0 Å². The van der Waals surface area contributed by atoms with E-state index in [1.807, 2.05) is 0 Å². The maximum atomic E-state index is 12.8. The van der Waals surface area contributed by atoms with Crippen LogP contribution < -0.4 is 5.69 Å². The van der Waals surface area contributed by atoms with Gasteiger partial charge in [-0.2, -0.15) is 3.97 Å². The third-order valence-corrected chi connectivity index (χ3v) is 5.41. The van der Waals surface area contributed by atoms with Crippen LogP contribution in [0.5, 0.6) is 0 Å². The zero-order valence-corrected chi connectivity index (χ0v) is 12.8. The Balaban J connectivity index is 2.09. The number of benzene rings is 2. The predicted octanol–water partition coefficient (Wildman–Crippen LogP) is 2.02. The van der Waals surface area contributed by atoms with E-state index >= 15 is 0 Å². The van der Waals surface area contributed by atoms with Gasteiger partial charge in [0.2, 0.25) is 0 Å². The van der Waals surface area contributed by atoms with Crippen molar-refractivity contribution in [3.05, 3.63) is 58.6 Å². The van der Waals surface area contributed by atoms with Gasteiger partial charge in [0, 0.05) is 11.5 Å². The molecular formula is C15H11N3O4S. The normalized spacial score (nSPS) is 12.2. The minimum absolute atomic E-state index is 0.0387. The number of nitrogens with one attached hydrogen (secondary N) is 1. The van der Waals surface area contributed by atoms with Crippen molar-refractivity contribution in [2.75, 3.05) is 0 Å². The van der Waals surface area contributed by atoms with Crippen LogP contribution >= 0.6 is 0 Å². The van der Waals surface area contributed by atoms with Gasteiger partial charge in [0.25, 0.3) is 10.0 Å². The van der Waals surface area contributed by atoms with Crippen molar-refractivity contribution < 1.29 is 12.9 Å². The Morgan fingerprint density at radius 3 is 2.65 bits per heavy atom. The number of aryl methyl sites for hydroxylation is 1. The molecule has 0 aliphatic carbocycles. The monoisotopic (exact) mass is 329 g/mol. The maximum absolute atomic E-state index is 12.8. The molecule has 2 heterocycles. The molecule has 0 spiro atoms. The molecule has 2 aromatic heterocycles. The van der Waals surface area contributed by atoms with E-state index < -0.39 is 15.7 Å². The fourth-order valence-electron chi connectivity index (χ4n) is 2.57. The molecule has 0 fully saturated rings. The molecule has 4 aromatic rings. The van der Waals surface area contributed by atoms with Crippen molar-refractivity contribution in [3.8, 4) is 0 Å². The second-order valence-electron chi connectivity index (χ2n) is 5.15. The Kier molecular flexibility index (Phi) is 2.73. The lowest BCUT2D eigenvalue weighted by atomic mass is 10.2. The van der Waals surface area contributed by atoms with Crippen molar-refractivity contribution in [3.63, 3.8) is 0 Å². The lowest BCUT2D eigenvalue weighted by Gasteiger charge is -2.05. The highest BCUT2D eigenvalue weighted by Gasteiger charge is 2.23. The molecule has 7 nitrogen and oxygen atoms in total. The minimum atomic E-state index is -4.00. The summed E-state index contributed by atoms with van der Waals surface area (Å²) in [4.78, 5) is 14.8. The molecular weight excluding hydrogens is 318 g/mol. The molecule has 4 rings (SSSR count). The van der Waals surface area contributed by atoms with Crippen molar-refractivity contribution in [2.24, 2.45) is 0 Å². The summed E-state index contributed by atoms with van der Waals surface area (Å²) in [6.07, 6.45) is 0. The largest absolute Gasteiger partial charge is 0.356 e. The summed E-state index contributed by atoms with van der Waals surface area (Å²) in [5.74, 6) is 0. The van der Waals surface area contributed by atoms with Gasteiger partial charge in [0.05, 0.1) is 21.6 Å². The molecule has 8 heteroatoms. The van der Waals surface area contributed by atoms with Crippen LogP contribution in [-0.4, -0.2) is 22.5 Å². The first-order valence-corrected chi connectivity index (χ1v) is 8.24. The molecule has 0 aliphatic rings. The van der Waals surface area contributed by atoms with Crippen LogP contribution in [0.15, 0.2) is 56.7 Å². The first kappa shape index (κ1) is 13.8. The molecule has 116 valence electrons. The first-order chi connectivity index (χ1) is 11.0. The van der Waals surface area contributed by atoms with Gasteiger partial charge in [0.1, 0.15) is 0 Å². The number of hydrogen-bond donors (Lipinski definition) is 1. The first-order valence-electron chi connectivity index (χ1n) is 6.80. The van der Waals surface area contributed by atoms with Crippen molar-refractivity contribution in [1.29, 1.82) is 0 Å². The fraction of sp³-hybridized carbons (Fsp3) is 0.0667. The van der Waals surface area contributed by atoms with E-state index in [2.05, 4.69) is 10.1 Å². The average Bonchev–Trinajstić information content (AvgIpc) is 3.05. The molecule has 0 unspecified atom stereocenters. The second-order valence-corrected chi connectivity index (χ2v) is 6.93. The van der Waals surface area contributed by atoms with Gasteiger partial charge in [-0.3, -0.25) is 0 Å². The molecule has 0 bridgehead atoms. The molecule has 0 atom stereocenters. The van der Waals surface area contributed by atoms with Gasteiger partial charge in [-0.25, -0.2) is 13.2 Å². The summed E-state index contributed by atoms with van der Waals surface area (Å²) in [5, 5.41) is 4.57. The average molecular weight is 329 g/mol. The Labute approximate surface area is 130 Å². The van der Waals surface area contributed by atoms with Gasteiger partial charge >= 0.3 is 5.69 Å². The van der Waals surface area contributed by atoms with E-state index in [1.165, 1.54) is 18.2 Å². The van der Waals surface area contributed by atoms with E-state index in [0.717, 1.165) is 9.36 Å². The molecule has 0 radical (unpaired) electrons. The summed E-state index contributed by atoms with van der Waals surface area (Å²) in [6, 6.07) is 11.0. The summed E-state index contributed by atoms with van der Waals surface area (Å²) >= 11 is 0. The number of rotatable bonds is 2. The van der Waals surface area contributed by atoms with Gasteiger partial charge in [0.15, 0.2) is 5.58 Å². The number of H-pyrrole nitrogens is 1. The zero-order chi connectivity index (χ0) is 16.2. The van der Waals surface area contributed by atoms with Gasteiger partial charge in [-0.15, -0.1) is 0 Å². The molecule has 1 N–H and O–H groups in total. The van der Waals surface area contributed by atoms with Crippen LogP contribution in [-0.2, 0) is 10.0 Å². The number of aromatic amines is 1. The summed E-state index contributed by atoms with van der Waals surface area (Å²) < 4.78 is 31.4. The smallest absolute Gasteiger partial charge is 0.340 e. The zero-order valence-electron chi connectivity index (χ0n) is 12.0. The number of imidazole rings is 1. The van der Waals surface area contributed by atoms with Crippen LogP contribution in [0.3, 0.4) is 0 Å². The van der Waals surface area contributed by atoms with Crippen molar-refractivity contribution >= 4 is 32.0 Å². The fourth-order valence-corrected chi connectivity index (χ4v) is 3.96. The minimum Gasteiger partial charge on any atom is -0.356 e. The Morgan fingerprint density at radius 1 is 1.17 bits per heavy atom. The molecule has 0 aliphatic heterocycles. The van der Waals surface area contributed by atoms with E-state index in [1.54, 1.807) is 31.2 Å². The third kappa shape index (κ3) is 1.92. The SMILES string of the molecule is Cc1noc2cc3c(cc12)[nH]c(=O)n3S(=O)(=O)c1ccccc1. The van der Waals surface area contributed by atoms with Gasteiger partial charge in [-0.1, -0.05) is 23.4 Å². The number of hydrogen-bond acceptors (Lipinski definition) is 5. The molecule has 2 aromatic carbocycles. The van der Waals surface area contributed by atoms with Crippen LogP contribution in [0.4, 0.5) is 0 Å². The van der Waals surface area contributed by atoms with E-state index in [9.17, 15) is 13.2 Å². The molecule has 0 amide bonds. The van der Waals surface area contributed by atoms with E-state index in [-0.39, 0.29) is 10.4 Å². The Bertz CT molecular complexity index is 1200. The van der Waals surface area contributed by atoms with Crippen molar-refractivity contribution in [1.82, 2.24) is 14.1 Å². The summed E-state index contributed by atoms with van der Waals surface area (Å²) in [5.41, 5.74) is 1.00. The molecule has 0 saturated carbocycles. The van der Waals surface area contributed by atoms with Gasteiger partial charge < -0.3 is 9.51 Å². The number of nitrogens with zero attached hydrogens (tertiary/aromatic N) is 2. The highest BCUT2D eigenvalue weighted by atomic mass is 32.2.